The van der Waals surface area contributed by atoms with Crippen LogP contribution in [0.25, 0.3) is 38.3 Å². The van der Waals surface area contributed by atoms with Gasteiger partial charge < -0.3 is 25.0 Å². The molecule has 0 amide bonds. The third-order valence-electron chi connectivity index (χ3n) is 12.4. The van der Waals surface area contributed by atoms with Crippen molar-refractivity contribution in [2.45, 2.75) is 43.9 Å². The molecule has 0 atom stereocenters. The number of anilines is 2. The highest BCUT2D eigenvalue weighted by atomic mass is 32.2. The Balaban J connectivity index is 0.984. The molecule has 6 N–H and O–H groups in total. The van der Waals surface area contributed by atoms with E-state index in [1.54, 1.807) is 102 Å². The van der Waals surface area contributed by atoms with Crippen LogP contribution in [0.4, 0.5) is 45.5 Å². The Hall–Kier alpha value is -9.12. The lowest BCUT2D eigenvalue weighted by atomic mass is 10.1. The van der Waals surface area contributed by atoms with Crippen LogP contribution in [0, 0.1) is 27.7 Å². The van der Waals surface area contributed by atoms with E-state index in [1.165, 1.54) is 48.5 Å². The van der Waals surface area contributed by atoms with Gasteiger partial charge in [-0.2, -0.15) is 45.7 Å². The molecule has 0 aliphatic carbocycles. The van der Waals surface area contributed by atoms with Crippen LogP contribution in [0.15, 0.2) is 156 Å². The molecule has 9 aromatic rings. The summed E-state index contributed by atoms with van der Waals surface area (Å²) in [4.78, 5) is 12.8. The number of aromatic carboxylic acids is 1. The maximum Gasteiger partial charge on any atom is 0.338 e. The maximum atomic E-state index is 12.7. The van der Waals surface area contributed by atoms with Crippen LogP contribution in [0.3, 0.4) is 0 Å². The number of phenols is 1. The second-order valence-corrected chi connectivity index (χ2v) is 22.6. The lowest BCUT2D eigenvalue weighted by molar-refractivity contribution is 0.0696. The first-order chi connectivity index (χ1) is 37.8. The molecule has 24 nitrogen and oxygen atoms in total. The Morgan fingerprint density at radius 1 is 0.625 bits per heavy atom. The Kier molecular flexibility index (Phi) is 15.3. The van der Waals surface area contributed by atoms with Crippen LogP contribution in [0.1, 0.15) is 39.0 Å². The normalized spacial score (nSPS) is 12.4. The molecule has 0 aliphatic heterocycles. The van der Waals surface area contributed by atoms with Crippen molar-refractivity contribution in [3.05, 3.63) is 143 Å². The van der Waals surface area contributed by atoms with E-state index in [9.17, 15) is 53.9 Å². The van der Waals surface area contributed by atoms with Gasteiger partial charge in [0.05, 0.1) is 47.8 Å². The van der Waals surface area contributed by atoms with Crippen LogP contribution in [0.2, 0.25) is 0 Å². The summed E-state index contributed by atoms with van der Waals surface area (Å²) in [7, 11) is -12.3. The number of rotatable bonds is 18. The molecule has 0 fully saturated rings. The van der Waals surface area contributed by atoms with Crippen LogP contribution in [-0.2, 0) is 30.4 Å². The van der Waals surface area contributed by atoms with Crippen molar-refractivity contribution in [2.24, 2.45) is 30.7 Å². The summed E-state index contributed by atoms with van der Waals surface area (Å²) in [6.45, 7) is 6.53. The van der Waals surface area contributed by atoms with E-state index < -0.39 is 58.4 Å². The minimum atomic E-state index is -4.93. The van der Waals surface area contributed by atoms with Gasteiger partial charge in [0.25, 0.3) is 30.4 Å². The predicted octanol–water partition coefficient (Wildman–Crippen LogP) is 12.5. The molecule has 0 radical (unpaired) electrons. The highest BCUT2D eigenvalue weighted by Crippen LogP contribution is 2.44. The number of carboxylic acid groups (broad SMARTS) is 1. The zero-order valence-corrected chi connectivity index (χ0v) is 45.2. The van der Waals surface area contributed by atoms with Gasteiger partial charge in [-0.15, -0.1) is 25.2 Å². The van der Waals surface area contributed by atoms with Crippen LogP contribution < -0.4 is 14.8 Å². The van der Waals surface area contributed by atoms with Gasteiger partial charge in [-0.3, -0.25) is 13.7 Å². The average Bonchev–Trinajstić information content (AvgIpc) is 3.85. The zero-order chi connectivity index (χ0) is 57.4. The molecule has 0 aliphatic rings. The molecule has 80 heavy (non-hydrogen) atoms. The van der Waals surface area contributed by atoms with E-state index in [-0.39, 0.29) is 79.3 Å². The molecule has 0 saturated carbocycles. The number of aryl methyl sites for hydroxylation is 4. The maximum absolute atomic E-state index is 12.7. The number of fused-ring (bicyclic) bond motifs is 4. The molecule has 9 rings (SSSR count). The number of aromatic nitrogens is 3. The summed E-state index contributed by atoms with van der Waals surface area (Å²) >= 11 is 0. The van der Waals surface area contributed by atoms with Crippen LogP contribution >= 0.6 is 0 Å². The summed E-state index contributed by atoms with van der Waals surface area (Å²) in [6.07, 6.45) is -0.104. The Morgan fingerprint density at radius 3 is 1.89 bits per heavy atom. The smallest absolute Gasteiger partial charge is 0.338 e. The number of methoxy groups -OCH3 is 1. The lowest BCUT2D eigenvalue weighted by Gasteiger charge is -2.12. The summed E-state index contributed by atoms with van der Waals surface area (Å²) in [5.74, 6) is -1.75. The number of nitrogens with zero attached hydrogens (tertiary/aromatic N) is 9. The fourth-order valence-corrected chi connectivity index (χ4v) is 10.4. The van der Waals surface area contributed by atoms with Gasteiger partial charge >= 0.3 is 5.97 Å². The highest BCUT2D eigenvalue weighted by molar-refractivity contribution is 7.86. The van der Waals surface area contributed by atoms with Crippen LogP contribution in [0.5, 0.6) is 17.2 Å². The lowest BCUT2D eigenvalue weighted by Crippen LogP contribution is -2.08. The molecule has 410 valence electrons. The summed E-state index contributed by atoms with van der Waals surface area (Å²) in [5.41, 5.74) is 4.33. The molecule has 0 bridgehead atoms. The molecular formula is C53H46N10O14S3. The minimum Gasteiger partial charge on any atom is -0.505 e. The molecule has 27 heteroatoms. The van der Waals surface area contributed by atoms with E-state index in [4.69, 9.17) is 9.47 Å². The van der Waals surface area contributed by atoms with Crippen molar-refractivity contribution in [2.75, 3.05) is 24.8 Å². The topological polar surface area (TPSA) is 356 Å². The third-order valence-corrected chi connectivity index (χ3v) is 15.0. The van der Waals surface area contributed by atoms with Gasteiger partial charge in [0, 0.05) is 33.6 Å². The van der Waals surface area contributed by atoms with E-state index in [2.05, 4.69) is 46.2 Å². The highest BCUT2D eigenvalue weighted by Gasteiger charge is 2.24. The fraction of sp³-hybridized carbons (Fsp3) is 0.151. The number of benzene rings is 8. The Morgan fingerprint density at radius 2 is 1.24 bits per heavy atom. The number of ether oxygens (including phenoxy) is 2. The quantitative estimate of drug-likeness (QED) is 0.0264. The van der Waals surface area contributed by atoms with Crippen molar-refractivity contribution >= 4 is 114 Å². The van der Waals surface area contributed by atoms with Gasteiger partial charge in [-0.05, 0) is 165 Å². The number of aromatic hydroxyl groups is 1. The van der Waals surface area contributed by atoms with Crippen molar-refractivity contribution < 1.29 is 63.4 Å². The predicted molar refractivity (Wildman–Crippen MR) is 296 cm³/mol. The monoisotopic (exact) mass is 1140 g/mol. The summed E-state index contributed by atoms with van der Waals surface area (Å²) < 4.78 is 113. The van der Waals surface area contributed by atoms with Gasteiger partial charge in [0.1, 0.15) is 49.4 Å². The van der Waals surface area contributed by atoms with E-state index >= 15 is 0 Å². The van der Waals surface area contributed by atoms with E-state index in [0.717, 1.165) is 4.80 Å². The number of hydrogen-bond donors (Lipinski definition) is 6. The van der Waals surface area contributed by atoms with Crippen molar-refractivity contribution in [3.63, 3.8) is 0 Å². The van der Waals surface area contributed by atoms with Gasteiger partial charge in [0.2, 0.25) is 0 Å². The number of nitrogens with one attached hydrogen (secondary N) is 1. The number of carboxylic acids is 1. The molecule has 1 aromatic heterocycles. The molecule has 1 heterocycles. The third kappa shape index (κ3) is 12.3. The first kappa shape index (κ1) is 55.6. The molecule has 8 aromatic carbocycles. The van der Waals surface area contributed by atoms with Crippen molar-refractivity contribution in [1.29, 1.82) is 0 Å². The van der Waals surface area contributed by atoms with Gasteiger partial charge in [-0.1, -0.05) is 6.07 Å². The van der Waals surface area contributed by atoms with Gasteiger partial charge in [-0.25, -0.2) is 4.79 Å². The number of hydrogen-bond acceptors (Lipinski definition) is 19. The number of azo groups is 3. The molecular weight excluding hydrogens is 1100 g/mol. The van der Waals surface area contributed by atoms with Crippen molar-refractivity contribution in [3.8, 4) is 22.9 Å². The fourth-order valence-electron chi connectivity index (χ4n) is 8.44. The first-order valence-electron chi connectivity index (χ1n) is 23.8. The van der Waals surface area contributed by atoms with E-state index in [0.29, 0.717) is 56.0 Å². The number of carbonyl (C=O) groups is 1. The van der Waals surface area contributed by atoms with E-state index in [1.807, 2.05) is 0 Å². The summed E-state index contributed by atoms with van der Waals surface area (Å²) in [6, 6.07) is 29.5. The molecule has 0 saturated heterocycles. The van der Waals surface area contributed by atoms with Crippen LogP contribution in [-0.4, -0.2) is 89.6 Å². The zero-order valence-electron chi connectivity index (χ0n) is 42.8. The largest absolute Gasteiger partial charge is 0.505 e. The van der Waals surface area contributed by atoms with Gasteiger partial charge in [0.15, 0.2) is 5.75 Å². The summed E-state index contributed by atoms with van der Waals surface area (Å²) in [5, 5.41) is 60.8. The average molecular weight is 1140 g/mol. The minimum absolute atomic E-state index is 0.0460. The Bertz CT molecular complexity index is 4460. The second-order valence-electron chi connectivity index (χ2n) is 18.2. The molecule has 0 unspecified atom stereocenters. The standard InChI is InChI=1S/C53H46N10O14S3/c1-28-19-39-38(48(20-28)79(70,71)72)14-15-41-50(39)62-63(61-41)46-16-10-35(26-40(46)53(65)66)55-56-44-27-47(77-17-6-18-78(67,68)69)45(23-31(44)4)59-57-42-21-30(3)43(22-29(42)2)58-60-51-49(80(73,74)75)25-32-24-34(9-13-37(32)52(51)64)54-33-7-11-36(76-5)12-8-33/h7-16,19-27,54,64H,6,17-18H2,1-5H3,(H,65,66)(H,67,68,69)(H,70,71,72)(H,73,74,75). The first-order valence-corrected chi connectivity index (χ1v) is 28.3. The number of phenolic OH excluding ortho intramolecular Hbond substituents is 1. The SMILES string of the molecule is COc1ccc(Nc2ccc3c(O)c(N=Nc4cc(C)c(N=Nc5cc(C)c(N=Nc6ccc(-n7nc8ccc9c(S(=O)(=O)O)cc(C)cc9c8n7)c(C(=O)O)c6)cc5OCCCS(=O)(=O)O)cc4C)c(S(=O)(=O)O)cc3c2)cc1. The molecule has 0 spiro atoms. The second kappa shape index (κ2) is 22.0. The van der Waals surface area contributed by atoms with Crippen molar-refractivity contribution in [1.82, 2.24) is 15.0 Å². The Labute approximate surface area is 456 Å².